The highest BCUT2D eigenvalue weighted by molar-refractivity contribution is 5.23. The molecule has 0 amide bonds. The van der Waals surface area contributed by atoms with Crippen molar-refractivity contribution in [1.82, 2.24) is 5.32 Å². The minimum atomic E-state index is -0.316. The number of benzene rings is 1. The van der Waals surface area contributed by atoms with Gasteiger partial charge >= 0.3 is 0 Å². The highest BCUT2D eigenvalue weighted by Gasteiger charge is 2.49. The summed E-state index contributed by atoms with van der Waals surface area (Å²) in [7, 11) is 0. The molecule has 1 aliphatic carbocycles. The summed E-state index contributed by atoms with van der Waals surface area (Å²) in [5, 5.41) is 13.1. The van der Waals surface area contributed by atoms with Gasteiger partial charge in [0.1, 0.15) is 5.54 Å². The summed E-state index contributed by atoms with van der Waals surface area (Å²) in [5.41, 5.74) is 0.935. The average Bonchev–Trinajstić information content (AvgIpc) is 2.34. The molecule has 18 heavy (non-hydrogen) atoms. The van der Waals surface area contributed by atoms with Gasteiger partial charge in [0.2, 0.25) is 0 Å². The SMILES string of the molecule is CC(C)[C@H]1CC[C@@]1(C#N)N[C@@H](C)c1ccccc1. The molecule has 1 N–H and O–H groups in total. The fourth-order valence-corrected chi connectivity index (χ4v) is 3.06. The molecule has 0 heterocycles. The Bertz CT molecular complexity index is 432. The van der Waals surface area contributed by atoms with Crippen molar-refractivity contribution in [1.29, 1.82) is 5.26 Å². The molecule has 2 nitrogen and oxygen atoms in total. The van der Waals surface area contributed by atoms with Crippen LogP contribution in [-0.2, 0) is 0 Å². The Hall–Kier alpha value is -1.33. The van der Waals surface area contributed by atoms with Gasteiger partial charge in [-0.05, 0) is 37.2 Å². The molecule has 0 unspecified atom stereocenters. The van der Waals surface area contributed by atoms with E-state index in [0.717, 1.165) is 6.42 Å². The molecule has 0 radical (unpaired) electrons. The topological polar surface area (TPSA) is 35.8 Å². The Kier molecular flexibility index (Phi) is 3.73. The number of nitrogens with zero attached hydrogens (tertiary/aromatic N) is 1. The Morgan fingerprint density at radius 1 is 1.28 bits per heavy atom. The van der Waals surface area contributed by atoms with Gasteiger partial charge in [0.15, 0.2) is 0 Å². The molecule has 1 saturated carbocycles. The van der Waals surface area contributed by atoms with Crippen molar-refractivity contribution in [2.24, 2.45) is 11.8 Å². The number of rotatable bonds is 4. The first-order valence-electron chi connectivity index (χ1n) is 6.83. The number of hydrogen-bond acceptors (Lipinski definition) is 2. The van der Waals surface area contributed by atoms with E-state index in [-0.39, 0.29) is 11.6 Å². The smallest absolute Gasteiger partial charge is 0.110 e. The zero-order chi connectivity index (χ0) is 13.2. The summed E-state index contributed by atoms with van der Waals surface area (Å²) < 4.78 is 0. The third-order valence-electron chi connectivity index (χ3n) is 4.26. The molecule has 1 aliphatic rings. The van der Waals surface area contributed by atoms with Gasteiger partial charge < -0.3 is 0 Å². The standard InChI is InChI=1S/C16H22N2/c1-12(2)15-9-10-16(15,11-17)18-13(3)14-7-5-4-6-8-14/h4-8,12-13,15,18H,9-10H2,1-3H3/t13-,15+,16-/m0/s1. The molecule has 0 aromatic heterocycles. The summed E-state index contributed by atoms with van der Waals surface area (Å²) in [6, 6.07) is 13.1. The van der Waals surface area contributed by atoms with E-state index in [1.54, 1.807) is 0 Å². The second-order valence-corrected chi connectivity index (χ2v) is 5.75. The maximum Gasteiger partial charge on any atom is 0.110 e. The van der Waals surface area contributed by atoms with Crippen molar-refractivity contribution in [3.63, 3.8) is 0 Å². The Morgan fingerprint density at radius 2 is 1.94 bits per heavy atom. The molecule has 0 saturated heterocycles. The summed E-state index contributed by atoms with van der Waals surface area (Å²) in [6.07, 6.45) is 2.14. The quantitative estimate of drug-likeness (QED) is 0.874. The molecule has 0 aliphatic heterocycles. The molecule has 1 aromatic carbocycles. The van der Waals surface area contributed by atoms with E-state index in [1.165, 1.54) is 12.0 Å². The molecule has 1 fully saturated rings. The molecule has 1 aromatic rings. The first-order chi connectivity index (χ1) is 8.59. The molecule has 3 atom stereocenters. The van der Waals surface area contributed by atoms with E-state index in [9.17, 15) is 5.26 Å². The van der Waals surface area contributed by atoms with Crippen LogP contribution in [0.2, 0.25) is 0 Å². The van der Waals surface area contributed by atoms with Gasteiger partial charge in [-0.25, -0.2) is 0 Å². The van der Waals surface area contributed by atoms with Crippen LogP contribution in [0.5, 0.6) is 0 Å². The van der Waals surface area contributed by atoms with Gasteiger partial charge in [-0.3, -0.25) is 5.32 Å². The van der Waals surface area contributed by atoms with Crippen molar-refractivity contribution < 1.29 is 0 Å². The highest BCUT2D eigenvalue weighted by atomic mass is 15.0. The van der Waals surface area contributed by atoms with Crippen molar-refractivity contribution in [2.75, 3.05) is 0 Å². The van der Waals surface area contributed by atoms with Crippen LogP contribution in [0.1, 0.15) is 45.2 Å². The van der Waals surface area contributed by atoms with Crippen LogP contribution in [-0.4, -0.2) is 5.54 Å². The van der Waals surface area contributed by atoms with Crippen molar-refractivity contribution in [3.8, 4) is 6.07 Å². The Balaban J connectivity index is 2.11. The minimum absolute atomic E-state index is 0.229. The van der Waals surface area contributed by atoms with Crippen molar-refractivity contribution >= 4 is 0 Å². The average molecular weight is 242 g/mol. The van der Waals surface area contributed by atoms with E-state index >= 15 is 0 Å². The van der Waals surface area contributed by atoms with Gasteiger partial charge in [0.25, 0.3) is 0 Å². The number of nitrogens with one attached hydrogen (secondary N) is 1. The van der Waals surface area contributed by atoms with Gasteiger partial charge in [-0.1, -0.05) is 44.2 Å². The Morgan fingerprint density at radius 3 is 2.39 bits per heavy atom. The highest BCUT2D eigenvalue weighted by Crippen LogP contribution is 2.44. The third kappa shape index (κ3) is 2.28. The lowest BCUT2D eigenvalue weighted by Gasteiger charge is -2.48. The lowest BCUT2D eigenvalue weighted by molar-refractivity contribution is 0.0839. The van der Waals surface area contributed by atoms with Crippen LogP contribution >= 0.6 is 0 Å². The van der Waals surface area contributed by atoms with Crippen LogP contribution in [0.4, 0.5) is 0 Å². The zero-order valence-corrected chi connectivity index (χ0v) is 11.5. The van der Waals surface area contributed by atoms with Crippen molar-refractivity contribution in [2.45, 2.75) is 45.2 Å². The fraction of sp³-hybridized carbons (Fsp3) is 0.562. The molecule has 96 valence electrons. The van der Waals surface area contributed by atoms with E-state index in [4.69, 9.17) is 0 Å². The van der Waals surface area contributed by atoms with E-state index in [0.29, 0.717) is 11.8 Å². The zero-order valence-electron chi connectivity index (χ0n) is 11.5. The molecule has 2 rings (SSSR count). The van der Waals surface area contributed by atoms with Crippen LogP contribution in [0.3, 0.4) is 0 Å². The largest absolute Gasteiger partial charge is 0.293 e. The van der Waals surface area contributed by atoms with Crippen LogP contribution in [0, 0.1) is 23.2 Å². The normalized spacial score (nSPS) is 28.5. The summed E-state index contributed by atoms with van der Waals surface area (Å²) >= 11 is 0. The molecule has 0 spiro atoms. The van der Waals surface area contributed by atoms with E-state index < -0.39 is 0 Å². The lowest BCUT2D eigenvalue weighted by atomic mass is 9.62. The number of nitriles is 1. The van der Waals surface area contributed by atoms with Crippen LogP contribution < -0.4 is 5.32 Å². The second kappa shape index (κ2) is 5.12. The first kappa shape index (κ1) is 13.1. The molecule has 0 bridgehead atoms. The van der Waals surface area contributed by atoms with Crippen LogP contribution in [0.25, 0.3) is 0 Å². The summed E-state index contributed by atoms with van der Waals surface area (Å²) in [5.74, 6) is 1.04. The van der Waals surface area contributed by atoms with Gasteiger partial charge in [-0.2, -0.15) is 5.26 Å². The predicted octanol–water partition coefficient (Wildman–Crippen LogP) is 3.67. The van der Waals surface area contributed by atoms with Gasteiger partial charge in [0, 0.05) is 6.04 Å². The maximum atomic E-state index is 9.54. The van der Waals surface area contributed by atoms with E-state index in [2.05, 4.69) is 44.3 Å². The van der Waals surface area contributed by atoms with E-state index in [1.807, 2.05) is 18.2 Å². The monoisotopic (exact) mass is 242 g/mol. The molecular weight excluding hydrogens is 220 g/mol. The third-order valence-corrected chi connectivity index (χ3v) is 4.26. The summed E-state index contributed by atoms with van der Waals surface area (Å²) in [6.45, 7) is 6.57. The van der Waals surface area contributed by atoms with Crippen LogP contribution in [0.15, 0.2) is 30.3 Å². The first-order valence-corrected chi connectivity index (χ1v) is 6.83. The molecule has 2 heteroatoms. The number of hydrogen-bond donors (Lipinski definition) is 1. The van der Waals surface area contributed by atoms with Gasteiger partial charge in [0.05, 0.1) is 6.07 Å². The lowest BCUT2D eigenvalue weighted by Crippen LogP contribution is -2.59. The Labute approximate surface area is 110 Å². The van der Waals surface area contributed by atoms with Gasteiger partial charge in [-0.15, -0.1) is 0 Å². The minimum Gasteiger partial charge on any atom is -0.293 e. The maximum absolute atomic E-state index is 9.54. The van der Waals surface area contributed by atoms with Crippen molar-refractivity contribution in [3.05, 3.63) is 35.9 Å². The molecular formula is C16H22N2. The predicted molar refractivity (Wildman–Crippen MR) is 73.9 cm³/mol. The fourth-order valence-electron chi connectivity index (χ4n) is 3.06. The summed E-state index contributed by atoms with van der Waals surface area (Å²) in [4.78, 5) is 0. The second-order valence-electron chi connectivity index (χ2n) is 5.75.